The predicted octanol–water partition coefficient (Wildman–Crippen LogP) is 0.460. The van der Waals surface area contributed by atoms with E-state index in [1.165, 1.54) is 0 Å². The minimum absolute atomic E-state index is 0.0703. The van der Waals surface area contributed by atoms with Gasteiger partial charge in [-0.3, -0.25) is 4.79 Å². The topological polar surface area (TPSA) is 104 Å². The zero-order valence-electron chi connectivity index (χ0n) is 12.0. The molecule has 7 nitrogen and oxygen atoms in total. The van der Waals surface area contributed by atoms with Gasteiger partial charge in [-0.25, -0.2) is 13.2 Å². The van der Waals surface area contributed by atoms with E-state index < -0.39 is 15.8 Å². The van der Waals surface area contributed by atoms with Crippen molar-refractivity contribution in [2.75, 3.05) is 24.6 Å². The summed E-state index contributed by atoms with van der Waals surface area (Å²) in [7, 11) is -2.92. The third-order valence-corrected chi connectivity index (χ3v) is 5.94. The molecule has 0 aliphatic carbocycles. The van der Waals surface area contributed by atoms with Gasteiger partial charge in [-0.15, -0.1) is 0 Å². The fraction of sp³-hybridized carbons (Fsp3) is 0.846. The zero-order valence-corrected chi connectivity index (χ0v) is 12.8. The van der Waals surface area contributed by atoms with Crippen LogP contribution in [-0.2, 0) is 14.6 Å². The summed E-state index contributed by atoms with van der Waals surface area (Å²) >= 11 is 0. The molecule has 2 fully saturated rings. The molecular formula is C13H22N2O5S. The molecule has 1 atom stereocenters. The van der Waals surface area contributed by atoms with E-state index in [9.17, 15) is 18.0 Å². The van der Waals surface area contributed by atoms with Gasteiger partial charge in [-0.2, -0.15) is 0 Å². The van der Waals surface area contributed by atoms with Crippen LogP contribution in [0, 0.1) is 5.92 Å². The largest absolute Gasteiger partial charge is 0.481 e. The van der Waals surface area contributed by atoms with E-state index >= 15 is 0 Å². The third kappa shape index (κ3) is 4.87. The molecule has 0 bridgehead atoms. The highest BCUT2D eigenvalue weighted by Gasteiger charge is 2.29. The minimum atomic E-state index is -2.92. The zero-order chi connectivity index (χ0) is 15.5. The Labute approximate surface area is 124 Å². The lowest BCUT2D eigenvalue weighted by molar-refractivity contribution is -0.137. The fourth-order valence-corrected chi connectivity index (χ4v) is 4.37. The number of nitrogens with one attached hydrogen (secondary N) is 1. The maximum Gasteiger partial charge on any atom is 0.317 e. The van der Waals surface area contributed by atoms with Crippen LogP contribution in [-0.4, -0.2) is 61.1 Å². The summed E-state index contributed by atoms with van der Waals surface area (Å²) in [6.45, 7) is 1.23. The molecule has 120 valence electrons. The monoisotopic (exact) mass is 318 g/mol. The van der Waals surface area contributed by atoms with Gasteiger partial charge in [0.1, 0.15) is 9.84 Å². The van der Waals surface area contributed by atoms with Gasteiger partial charge >= 0.3 is 12.0 Å². The van der Waals surface area contributed by atoms with Gasteiger partial charge in [0, 0.05) is 25.6 Å². The van der Waals surface area contributed by atoms with Crippen LogP contribution in [0.3, 0.4) is 0 Å². The number of urea groups is 1. The molecule has 2 aliphatic heterocycles. The van der Waals surface area contributed by atoms with Crippen LogP contribution < -0.4 is 5.32 Å². The number of hydrogen-bond donors (Lipinski definition) is 2. The number of sulfone groups is 1. The minimum Gasteiger partial charge on any atom is -0.481 e. The van der Waals surface area contributed by atoms with Gasteiger partial charge in [-0.1, -0.05) is 0 Å². The summed E-state index contributed by atoms with van der Waals surface area (Å²) < 4.78 is 22.7. The van der Waals surface area contributed by atoms with Crippen molar-refractivity contribution in [3.63, 3.8) is 0 Å². The van der Waals surface area contributed by atoms with Crippen LogP contribution in [0.5, 0.6) is 0 Å². The molecule has 2 N–H and O–H groups in total. The van der Waals surface area contributed by atoms with Gasteiger partial charge in [-0.05, 0) is 31.6 Å². The first kappa shape index (κ1) is 16.1. The molecule has 0 spiro atoms. The molecule has 2 heterocycles. The number of amides is 2. The Kier molecular flexibility index (Phi) is 5.08. The summed E-state index contributed by atoms with van der Waals surface area (Å²) in [5, 5.41) is 11.6. The number of carbonyl (C=O) groups is 2. The van der Waals surface area contributed by atoms with E-state index in [-0.39, 0.29) is 35.9 Å². The lowest BCUT2D eigenvalue weighted by Gasteiger charge is -2.26. The first-order chi connectivity index (χ1) is 9.85. The summed E-state index contributed by atoms with van der Waals surface area (Å²) in [6.07, 6.45) is 2.52. The van der Waals surface area contributed by atoms with Crippen molar-refractivity contribution < 1.29 is 23.1 Å². The predicted molar refractivity (Wildman–Crippen MR) is 76.8 cm³/mol. The van der Waals surface area contributed by atoms with Gasteiger partial charge < -0.3 is 15.3 Å². The van der Waals surface area contributed by atoms with Crippen molar-refractivity contribution in [3.05, 3.63) is 0 Å². The Morgan fingerprint density at radius 1 is 1.19 bits per heavy atom. The number of rotatable bonds is 4. The lowest BCUT2D eigenvalue weighted by Crippen LogP contribution is -2.46. The summed E-state index contributed by atoms with van der Waals surface area (Å²) in [5.41, 5.74) is 0. The van der Waals surface area contributed by atoms with Crippen LogP contribution >= 0.6 is 0 Å². The number of aliphatic carboxylic acids is 1. The van der Waals surface area contributed by atoms with Crippen LogP contribution in [0.15, 0.2) is 0 Å². The second-order valence-electron chi connectivity index (χ2n) is 5.91. The van der Waals surface area contributed by atoms with Gasteiger partial charge in [0.2, 0.25) is 0 Å². The van der Waals surface area contributed by atoms with E-state index in [0.717, 1.165) is 6.42 Å². The molecule has 0 aromatic rings. The molecule has 1 unspecified atom stereocenters. The van der Waals surface area contributed by atoms with E-state index in [0.29, 0.717) is 32.4 Å². The molecule has 2 rings (SSSR count). The highest BCUT2D eigenvalue weighted by molar-refractivity contribution is 7.91. The van der Waals surface area contributed by atoms with E-state index in [2.05, 4.69) is 5.32 Å². The van der Waals surface area contributed by atoms with Gasteiger partial charge in [0.25, 0.3) is 0 Å². The Hall–Kier alpha value is -1.31. The second kappa shape index (κ2) is 6.64. The van der Waals surface area contributed by atoms with Crippen molar-refractivity contribution >= 4 is 21.8 Å². The summed E-state index contributed by atoms with van der Waals surface area (Å²) in [5.74, 6) is -0.279. The Morgan fingerprint density at radius 2 is 1.86 bits per heavy atom. The molecule has 0 saturated carbocycles. The quantitative estimate of drug-likeness (QED) is 0.783. The third-order valence-electron chi connectivity index (χ3n) is 4.22. The average Bonchev–Trinajstić information content (AvgIpc) is 2.88. The standard InChI is InChI=1S/C13H22N2O5S/c16-12(17)2-1-10-3-6-15(9-10)13(18)14-11-4-7-21(19,20)8-5-11/h10-11H,1-9H2,(H,14,18)(H,16,17). The van der Waals surface area contributed by atoms with Crippen molar-refractivity contribution in [3.8, 4) is 0 Å². The molecule has 0 aromatic carbocycles. The number of carboxylic acids is 1. The second-order valence-corrected chi connectivity index (χ2v) is 8.21. The molecule has 2 aliphatic rings. The Balaban J connectivity index is 1.73. The lowest BCUT2D eigenvalue weighted by atomic mass is 10.0. The van der Waals surface area contributed by atoms with E-state index in [1.54, 1.807) is 4.90 Å². The van der Waals surface area contributed by atoms with E-state index in [4.69, 9.17) is 5.11 Å². The van der Waals surface area contributed by atoms with Crippen molar-refractivity contribution in [2.24, 2.45) is 5.92 Å². The molecule has 2 amide bonds. The summed E-state index contributed by atoms with van der Waals surface area (Å²) in [4.78, 5) is 24.4. The highest BCUT2D eigenvalue weighted by atomic mass is 32.2. The Bertz CT molecular complexity index is 491. The molecule has 0 radical (unpaired) electrons. The highest BCUT2D eigenvalue weighted by Crippen LogP contribution is 2.21. The van der Waals surface area contributed by atoms with Crippen LogP contribution in [0.2, 0.25) is 0 Å². The average molecular weight is 318 g/mol. The number of carbonyl (C=O) groups excluding carboxylic acids is 1. The molecule has 2 saturated heterocycles. The molecule has 8 heteroatoms. The SMILES string of the molecule is O=C(O)CCC1CCN(C(=O)NC2CCS(=O)(=O)CC2)C1. The summed E-state index contributed by atoms with van der Waals surface area (Å²) in [6, 6.07) is -0.226. The molecular weight excluding hydrogens is 296 g/mol. The van der Waals surface area contributed by atoms with Crippen molar-refractivity contribution in [2.45, 2.75) is 38.1 Å². The van der Waals surface area contributed by atoms with E-state index in [1.807, 2.05) is 0 Å². The molecule has 0 aromatic heterocycles. The van der Waals surface area contributed by atoms with Crippen molar-refractivity contribution in [1.29, 1.82) is 0 Å². The smallest absolute Gasteiger partial charge is 0.317 e. The first-order valence-corrected chi connectivity index (χ1v) is 9.15. The number of hydrogen-bond acceptors (Lipinski definition) is 4. The fourth-order valence-electron chi connectivity index (χ4n) is 2.88. The first-order valence-electron chi connectivity index (χ1n) is 7.33. The number of carboxylic acid groups (broad SMARTS) is 1. The van der Waals surface area contributed by atoms with Crippen LogP contribution in [0.25, 0.3) is 0 Å². The maximum atomic E-state index is 12.1. The van der Waals surface area contributed by atoms with Crippen LogP contribution in [0.4, 0.5) is 4.79 Å². The van der Waals surface area contributed by atoms with Gasteiger partial charge in [0.15, 0.2) is 0 Å². The van der Waals surface area contributed by atoms with Crippen molar-refractivity contribution in [1.82, 2.24) is 10.2 Å². The normalized spacial score (nSPS) is 25.7. The van der Waals surface area contributed by atoms with Gasteiger partial charge in [0.05, 0.1) is 11.5 Å². The number of nitrogens with zero attached hydrogens (tertiary/aromatic N) is 1. The molecule has 21 heavy (non-hydrogen) atoms. The number of likely N-dealkylation sites (tertiary alicyclic amines) is 1. The Morgan fingerprint density at radius 3 is 2.48 bits per heavy atom. The maximum absolute atomic E-state index is 12.1. The van der Waals surface area contributed by atoms with Crippen LogP contribution in [0.1, 0.15) is 32.1 Å².